The lowest BCUT2D eigenvalue weighted by molar-refractivity contribution is 0.0724. The second-order valence-electron chi connectivity index (χ2n) is 5.39. The number of piperidine rings is 1. The molecule has 1 fully saturated rings. The first-order chi connectivity index (χ1) is 10.7. The van der Waals surface area contributed by atoms with Gasteiger partial charge in [0.25, 0.3) is 5.91 Å². The van der Waals surface area contributed by atoms with Crippen molar-refractivity contribution in [3.8, 4) is 0 Å². The first kappa shape index (κ1) is 15.0. The topological polar surface area (TPSA) is 45.2 Å². The molecule has 1 aliphatic rings. The quantitative estimate of drug-likeness (QED) is 0.892. The summed E-state index contributed by atoms with van der Waals surface area (Å²) in [4.78, 5) is 18.8. The smallest absolute Gasteiger partial charge is 0.254 e. The van der Waals surface area contributed by atoms with Gasteiger partial charge < -0.3 is 10.2 Å². The number of para-hydroxylation sites is 1. The molecule has 0 saturated carbocycles. The maximum Gasteiger partial charge on any atom is 0.254 e. The van der Waals surface area contributed by atoms with Gasteiger partial charge in [-0.3, -0.25) is 4.79 Å². The van der Waals surface area contributed by atoms with Crippen LogP contribution in [0.1, 0.15) is 29.6 Å². The molecular formula is C17H18BrN3O. The Bertz CT molecular complexity index is 668. The number of likely N-dealkylation sites (tertiary alicyclic amines) is 1. The first-order valence-corrected chi connectivity index (χ1v) is 8.30. The summed E-state index contributed by atoms with van der Waals surface area (Å²) >= 11 is 3.50. The molecule has 0 aliphatic carbocycles. The molecule has 1 saturated heterocycles. The number of hydrogen-bond donors (Lipinski definition) is 1. The Morgan fingerprint density at radius 3 is 2.68 bits per heavy atom. The van der Waals surface area contributed by atoms with Gasteiger partial charge in [-0.1, -0.05) is 12.1 Å². The summed E-state index contributed by atoms with van der Waals surface area (Å²) in [5, 5.41) is 3.24. The number of halogens is 1. The fraction of sp³-hybridized carbons (Fsp3) is 0.294. The van der Waals surface area contributed by atoms with Crippen molar-refractivity contribution >= 4 is 33.3 Å². The van der Waals surface area contributed by atoms with Crippen LogP contribution in [0.4, 0.5) is 11.5 Å². The summed E-state index contributed by atoms with van der Waals surface area (Å²) in [6, 6.07) is 11.4. The van der Waals surface area contributed by atoms with Crippen molar-refractivity contribution in [3.05, 3.63) is 52.6 Å². The molecular weight excluding hydrogens is 342 g/mol. The number of carbonyl (C=O) groups is 1. The molecule has 3 rings (SSSR count). The van der Waals surface area contributed by atoms with Gasteiger partial charge in [-0.2, -0.15) is 0 Å². The van der Waals surface area contributed by atoms with Gasteiger partial charge in [0.15, 0.2) is 0 Å². The zero-order chi connectivity index (χ0) is 15.4. The molecule has 0 radical (unpaired) electrons. The van der Waals surface area contributed by atoms with E-state index in [2.05, 4.69) is 26.2 Å². The number of rotatable bonds is 3. The number of benzene rings is 1. The van der Waals surface area contributed by atoms with E-state index in [9.17, 15) is 4.79 Å². The van der Waals surface area contributed by atoms with Gasteiger partial charge in [0.05, 0.1) is 5.69 Å². The van der Waals surface area contributed by atoms with Gasteiger partial charge in [-0.05, 0) is 59.5 Å². The van der Waals surface area contributed by atoms with Gasteiger partial charge in [0.2, 0.25) is 0 Å². The molecule has 0 unspecified atom stereocenters. The van der Waals surface area contributed by atoms with Gasteiger partial charge in [0, 0.05) is 29.3 Å². The van der Waals surface area contributed by atoms with Crippen molar-refractivity contribution in [2.75, 3.05) is 18.4 Å². The predicted molar refractivity (Wildman–Crippen MR) is 91.4 cm³/mol. The highest BCUT2D eigenvalue weighted by atomic mass is 79.9. The molecule has 0 atom stereocenters. The molecule has 0 spiro atoms. The van der Waals surface area contributed by atoms with E-state index in [1.54, 1.807) is 12.3 Å². The molecule has 1 aromatic heterocycles. The second kappa shape index (κ2) is 6.92. The van der Waals surface area contributed by atoms with Crippen LogP contribution in [0.2, 0.25) is 0 Å². The fourth-order valence-corrected chi connectivity index (χ4v) is 3.00. The SMILES string of the molecule is O=C(c1ccnc(Nc2ccccc2Br)c1)N1CCCCC1. The van der Waals surface area contributed by atoms with E-state index < -0.39 is 0 Å². The summed E-state index contributed by atoms with van der Waals surface area (Å²) in [5.74, 6) is 0.770. The van der Waals surface area contributed by atoms with Crippen LogP contribution in [0.5, 0.6) is 0 Å². The summed E-state index contributed by atoms with van der Waals surface area (Å²) < 4.78 is 0.963. The fourth-order valence-electron chi connectivity index (χ4n) is 2.61. The van der Waals surface area contributed by atoms with E-state index in [0.29, 0.717) is 11.4 Å². The monoisotopic (exact) mass is 359 g/mol. The molecule has 1 aliphatic heterocycles. The molecule has 2 heterocycles. The predicted octanol–water partition coefficient (Wildman–Crippen LogP) is 4.21. The highest BCUT2D eigenvalue weighted by Gasteiger charge is 2.18. The van der Waals surface area contributed by atoms with Gasteiger partial charge >= 0.3 is 0 Å². The summed E-state index contributed by atoms with van der Waals surface area (Å²) in [6.45, 7) is 1.71. The average molecular weight is 360 g/mol. The van der Waals surface area contributed by atoms with Crippen LogP contribution < -0.4 is 5.32 Å². The molecule has 1 amide bonds. The summed E-state index contributed by atoms with van der Waals surface area (Å²) in [6.07, 6.45) is 5.09. The minimum atomic E-state index is 0.0947. The van der Waals surface area contributed by atoms with E-state index in [4.69, 9.17) is 0 Å². The van der Waals surface area contributed by atoms with Gasteiger partial charge in [-0.25, -0.2) is 4.98 Å². The van der Waals surface area contributed by atoms with E-state index >= 15 is 0 Å². The van der Waals surface area contributed by atoms with E-state index in [0.717, 1.165) is 36.1 Å². The lowest BCUT2D eigenvalue weighted by Crippen LogP contribution is -2.35. The van der Waals surface area contributed by atoms with Crippen molar-refractivity contribution in [2.45, 2.75) is 19.3 Å². The van der Waals surface area contributed by atoms with Crippen LogP contribution in [-0.4, -0.2) is 28.9 Å². The zero-order valence-corrected chi connectivity index (χ0v) is 13.8. The average Bonchev–Trinajstić information content (AvgIpc) is 2.57. The largest absolute Gasteiger partial charge is 0.339 e. The number of aromatic nitrogens is 1. The van der Waals surface area contributed by atoms with Crippen LogP contribution in [0.25, 0.3) is 0 Å². The van der Waals surface area contributed by atoms with Crippen LogP contribution in [0, 0.1) is 0 Å². The minimum Gasteiger partial charge on any atom is -0.339 e. The highest BCUT2D eigenvalue weighted by Crippen LogP contribution is 2.25. The molecule has 1 aromatic carbocycles. The maximum absolute atomic E-state index is 12.5. The van der Waals surface area contributed by atoms with Crippen molar-refractivity contribution in [3.63, 3.8) is 0 Å². The minimum absolute atomic E-state index is 0.0947. The Balaban J connectivity index is 1.77. The first-order valence-electron chi connectivity index (χ1n) is 7.51. The summed E-state index contributed by atoms with van der Waals surface area (Å²) in [5.41, 5.74) is 1.61. The lowest BCUT2D eigenvalue weighted by Gasteiger charge is -2.26. The standard InChI is InChI=1S/C17H18BrN3O/c18-14-6-2-3-7-15(14)20-16-12-13(8-9-19-16)17(22)21-10-4-1-5-11-21/h2-3,6-9,12H,1,4-5,10-11H2,(H,19,20). The Morgan fingerprint density at radius 1 is 1.14 bits per heavy atom. The van der Waals surface area contributed by atoms with Gasteiger partial charge in [-0.15, -0.1) is 0 Å². The molecule has 22 heavy (non-hydrogen) atoms. The van der Waals surface area contributed by atoms with Crippen LogP contribution >= 0.6 is 15.9 Å². The Kier molecular flexibility index (Phi) is 4.73. The Labute approximate surface area is 138 Å². The molecule has 2 aromatic rings. The van der Waals surface area contributed by atoms with Crippen molar-refractivity contribution < 1.29 is 4.79 Å². The number of hydrogen-bond acceptors (Lipinski definition) is 3. The number of anilines is 2. The van der Waals surface area contributed by atoms with E-state index in [-0.39, 0.29) is 5.91 Å². The van der Waals surface area contributed by atoms with Crippen molar-refractivity contribution in [1.29, 1.82) is 0 Å². The lowest BCUT2D eigenvalue weighted by atomic mass is 10.1. The van der Waals surface area contributed by atoms with Crippen LogP contribution in [0.3, 0.4) is 0 Å². The van der Waals surface area contributed by atoms with E-state index in [1.165, 1.54) is 6.42 Å². The number of carbonyl (C=O) groups excluding carboxylic acids is 1. The zero-order valence-electron chi connectivity index (χ0n) is 12.3. The van der Waals surface area contributed by atoms with Crippen LogP contribution in [-0.2, 0) is 0 Å². The maximum atomic E-state index is 12.5. The number of nitrogens with zero attached hydrogens (tertiary/aromatic N) is 2. The van der Waals surface area contributed by atoms with Crippen molar-refractivity contribution in [1.82, 2.24) is 9.88 Å². The molecule has 4 nitrogen and oxygen atoms in total. The molecule has 1 N–H and O–H groups in total. The number of amides is 1. The van der Waals surface area contributed by atoms with Gasteiger partial charge in [0.1, 0.15) is 5.82 Å². The number of pyridine rings is 1. The van der Waals surface area contributed by atoms with E-state index in [1.807, 2.05) is 35.2 Å². The highest BCUT2D eigenvalue weighted by molar-refractivity contribution is 9.10. The normalized spacial score (nSPS) is 14.7. The Morgan fingerprint density at radius 2 is 1.91 bits per heavy atom. The number of nitrogens with one attached hydrogen (secondary N) is 1. The third-order valence-corrected chi connectivity index (χ3v) is 4.48. The third kappa shape index (κ3) is 3.47. The second-order valence-corrected chi connectivity index (χ2v) is 6.24. The summed E-state index contributed by atoms with van der Waals surface area (Å²) in [7, 11) is 0. The molecule has 114 valence electrons. The van der Waals surface area contributed by atoms with Crippen molar-refractivity contribution in [2.24, 2.45) is 0 Å². The molecule has 5 heteroatoms. The molecule has 0 bridgehead atoms. The third-order valence-electron chi connectivity index (χ3n) is 3.79. The van der Waals surface area contributed by atoms with Crippen LogP contribution in [0.15, 0.2) is 47.1 Å². The Hall–Kier alpha value is -1.88.